The van der Waals surface area contributed by atoms with Crippen molar-refractivity contribution in [3.05, 3.63) is 77.9 Å². The first kappa shape index (κ1) is 14.7. The minimum absolute atomic E-state index is 0.0305. The Bertz CT molecular complexity index is 502. The molecule has 1 rings (SSSR count). The minimum Gasteiger partial charge on any atom is -0.290 e. The van der Waals surface area contributed by atoms with Gasteiger partial charge < -0.3 is 0 Å². The van der Waals surface area contributed by atoms with Gasteiger partial charge >= 0.3 is 0 Å². The molecule has 0 aliphatic heterocycles. The van der Waals surface area contributed by atoms with Gasteiger partial charge in [0, 0.05) is 0 Å². The van der Waals surface area contributed by atoms with Crippen molar-refractivity contribution in [3.63, 3.8) is 0 Å². The number of allylic oxidation sites excluding steroid dienone is 7. The van der Waals surface area contributed by atoms with E-state index in [1.165, 1.54) is 0 Å². The molecule has 0 atom stereocenters. The van der Waals surface area contributed by atoms with Gasteiger partial charge in [-0.3, -0.25) is 4.79 Å². The normalized spacial score (nSPS) is 12.4. The van der Waals surface area contributed by atoms with Crippen molar-refractivity contribution < 1.29 is 4.79 Å². The van der Waals surface area contributed by atoms with E-state index in [2.05, 4.69) is 25.1 Å². The summed E-state index contributed by atoms with van der Waals surface area (Å²) in [7, 11) is 0. The summed E-state index contributed by atoms with van der Waals surface area (Å²) in [6.07, 6.45) is 13.8. The van der Waals surface area contributed by atoms with Crippen molar-refractivity contribution in [2.75, 3.05) is 0 Å². The summed E-state index contributed by atoms with van der Waals surface area (Å²) in [5, 5.41) is 0. The maximum Gasteiger partial charge on any atom is 0.178 e. The summed E-state index contributed by atoms with van der Waals surface area (Å²) in [6.45, 7) is 4.03. The molecule has 0 N–H and O–H groups in total. The van der Waals surface area contributed by atoms with E-state index in [4.69, 9.17) is 0 Å². The number of ketones is 1. The first-order valence-corrected chi connectivity index (χ1v) is 6.37. The van der Waals surface area contributed by atoms with Gasteiger partial charge in [-0.05, 0) is 54.8 Å². The van der Waals surface area contributed by atoms with E-state index >= 15 is 0 Å². The van der Waals surface area contributed by atoms with E-state index in [9.17, 15) is 4.79 Å². The minimum atomic E-state index is -0.0305. The molecule has 0 saturated heterocycles. The zero-order chi connectivity index (χ0) is 13.9. The molecule has 0 aliphatic rings. The van der Waals surface area contributed by atoms with E-state index in [0.29, 0.717) is 0 Å². The van der Waals surface area contributed by atoms with Crippen LogP contribution in [0, 0.1) is 12.1 Å². The van der Waals surface area contributed by atoms with Crippen LogP contribution >= 0.6 is 0 Å². The summed E-state index contributed by atoms with van der Waals surface area (Å²) in [4.78, 5) is 11.7. The highest BCUT2D eigenvalue weighted by atomic mass is 16.1. The lowest BCUT2D eigenvalue weighted by molar-refractivity contribution is -0.110. The molecule has 0 fully saturated rings. The van der Waals surface area contributed by atoms with Crippen LogP contribution in [0.3, 0.4) is 0 Å². The Morgan fingerprint density at radius 3 is 2.68 bits per heavy atom. The molecule has 1 aromatic carbocycles. The molecule has 0 amide bonds. The molecule has 1 aromatic rings. The van der Waals surface area contributed by atoms with Crippen molar-refractivity contribution >= 4 is 11.9 Å². The quantitative estimate of drug-likeness (QED) is 0.542. The molecule has 19 heavy (non-hydrogen) atoms. The van der Waals surface area contributed by atoms with Gasteiger partial charge in [0.15, 0.2) is 5.78 Å². The average Bonchev–Trinajstić information content (AvgIpc) is 2.46. The molecule has 0 aromatic heterocycles. The molecule has 0 spiro atoms. The van der Waals surface area contributed by atoms with Crippen molar-refractivity contribution in [3.8, 4) is 0 Å². The first-order chi connectivity index (χ1) is 9.26. The van der Waals surface area contributed by atoms with E-state index in [-0.39, 0.29) is 5.78 Å². The number of carbonyl (C=O) groups excluding carboxylic acids is 1. The molecule has 0 radical (unpaired) electrons. The molecular formula is C18H18O. The van der Waals surface area contributed by atoms with Gasteiger partial charge in [-0.2, -0.15) is 0 Å². The Morgan fingerprint density at radius 2 is 2.05 bits per heavy atom. The third kappa shape index (κ3) is 6.24. The van der Waals surface area contributed by atoms with Gasteiger partial charge in [0.25, 0.3) is 0 Å². The van der Waals surface area contributed by atoms with Gasteiger partial charge in [-0.15, -0.1) is 0 Å². The first-order valence-electron chi connectivity index (χ1n) is 6.37. The van der Waals surface area contributed by atoms with Crippen LogP contribution < -0.4 is 0 Å². The molecule has 0 heterocycles. The van der Waals surface area contributed by atoms with Crippen LogP contribution in [0.25, 0.3) is 6.08 Å². The van der Waals surface area contributed by atoms with E-state index in [0.717, 1.165) is 17.6 Å². The zero-order valence-corrected chi connectivity index (χ0v) is 11.4. The van der Waals surface area contributed by atoms with Gasteiger partial charge in [-0.1, -0.05) is 49.4 Å². The maximum absolute atomic E-state index is 11.7. The molecule has 0 unspecified atom stereocenters. The van der Waals surface area contributed by atoms with Gasteiger partial charge in [0.05, 0.1) is 0 Å². The predicted molar refractivity (Wildman–Crippen MR) is 80.5 cm³/mol. The van der Waals surface area contributed by atoms with E-state index in [1.807, 2.05) is 31.2 Å². The second-order valence-electron chi connectivity index (χ2n) is 3.93. The molecule has 1 heteroatoms. The highest BCUT2D eigenvalue weighted by molar-refractivity contribution is 6.02. The molecule has 0 aliphatic carbocycles. The Balaban J connectivity index is 2.60. The van der Waals surface area contributed by atoms with Crippen LogP contribution in [0.1, 0.15) is 25.8 Å². The second kappa shape index (κ2) is 8.72. The number of hydrogen-bond acceptors (Lipinski definition) is 1. The van der Waals surface area contributed by atoms with Gasteiger partial charge in [-0.25, -0.2) is 0 Å². The fourth-order valence-corrected chi connectivity index (χ4v) is 1.38. The SMILES string of the molecule is C/C=C(\C=C/CC)/C=C/C(=O)/C=C/c1cc#ccc1. The van der Waals surface area contributed by atoms with Crippen LogP contribution in [0.5, 0.6) is 0 Å². The third-order valence-corrected chi connectivity index (χ3v) is 2.44. The van der Waals surface area contributed by atoms with Gasteiger partial charge in [0.1, 0.15) is 0 Å². The maximum atomic E-state index is 11.7. The Morgan fingerprint density at radius 1 is 1.21 bits per heavy atom. The summed E-state index contributed by atoms with van der Waals surface area (Å²) < 4.78 is 0. The second-order valence-corrected chi connectivity index (χ2v) is 3.93. The molecular weight excluding hydrogens is 232 g/mol. The van der Waals surface area contributed by atoms with Crippen molar-refractivity contribution in [2.45, 2.75) is 20.3 Å². The molecule has 0 bridgehead atoms. The van der Waals surface area contributed by atoms with Crippen LogP contribution in [-0.4, -0.2) is 5.78 Å². The fraction of sp³-hybridized carbons (Fsp3) is 0.167. The predicted octanol–water partition coefficient (Wildman–Crippen LogP) is 4.34. The largest absolute Gasteiger partial charge is 0.290 e. The summed E-state index contributed by atoms with van der Waals surface area (Å²) >= 11 is 0. The van der Waals surface area contributed by atoms with Crippen LogP contribution in [0.4, 0.5) is 0 Å². The van der Waals surface area contributed by atoms with Crippen LogP contribution in [0.15, 0.2) is 60.2 Å². The smallest absolute Gasteiger partial charge is 0.178 e. The lowest BCUT2D eigenvalue weighted by atomic mass is 10.1. The van der Waals surface area contributed by atoms with Crippen molar-refractivity contribution in [1.82, 2.24) is 0 Å². The summed E-state index contributed by atoms with van der Waals surface area (Å²) in [5.74, 6) is -0.0305. The molecule has 1 nitrogen and oxygen atoms in total. The van der Waals surface area contributed by atoms with Crippen LogP contribution in [-0.2, 0) is 4.79 Å². The van der Waals surface area contributed by atoms with Gasteiger partial charge in [0.2, 0.25) is 0 Å². The summed E-state index contributed by atoms with van der Waals surface area (Å²) in [5.41, 5.74) is 1.98. The molecule has 96 valence electrons. The van der Waals surface area contributed by atoms with E-state index in [1.54, 1.807) is 30.4 Å². The van der Waals surface area contributed by atoms with E-state index < -0.39 is 0 Å². The number of rotatable bonds is 6. The van der Waals surface area contributed by atoms with Crippen molar-refractivity contribution in [1.29, 1.82) is 0 Å². The lowest BCUT2D eigenvalue weighted by Gasteiger charge is -1.91. The fourth-order valence-electron chi connectivity index (χ4n) is 1.38. The topological polar surface area (TPSA) is 17.1 Å². The monoisotopic (exact) mass is 250 g/mol. The average molecular weight is 250 g/mol. The summed E-state index contributed by atoms with van der Waals surface area (Å²) in [6, 6.07) is 11.1. The highest BCUT2D eigenvalue weighted by Gasteiger charge is 1.90. The highest BCUT2D eigenvalue weighted by Crippen LogP contribution is 2.02. The van der Waals surface area contributed by atoms with Crippen molar-refractivity contribution in [2.24, 2.45) is 0 Å². The Kier molecular flexibility index (Phi) is 6.76. The Labute approximate surface area is 115 Å². The number of hydrogen-bond donors (Lipinski definition) is 0. The third-order valence-electron chi connectivity index (χ3n) is 2.44. The number of carbonyl (C=O) groups is 1. The lowest BCUT2D eigenvalue weighted by Crippen LogP contribution is -1.85. The standard InChI is InChI=1S/C18H18O/c1-3-5-9-16(4-2)12-14-18(19)15-13-17-10-7-6-8-11-17/h4-5,7,9-15H,3H2,1-2H3/b9-5-,14-12+,15-13+,16-4+. The Hall–Kier alpha value is -2.33. The zero-order valence-electron chi connectivity index (χ0n) is 11.4. The van der Waals surface area contributed by atoms with Crippen LogP contribution in [0.2, 0.25) is 0 Å². The molecule has 0 saturated carbocycles.